The highest BCUT2D eigenvalue weighted by atomic mass is 32.3. The zero-order valence-electron chi connectivity index (χ0n) is 28.3. The van der Waals surface area contributed by atoms with Crippen LogP contribution in [0.4, 0.5) is 0 Å². The Bertz CT molecular complexity index is 2120. The summed E-state index contributed by atoms with van der Waals surface area (Å²) in [5, 5.41) is 0. The molecule has 0 spiro atoms. The van der Waals surface area contributed by atoms with Crippen LogP contribution >= 0.6 is 21.8 Å². The standard InChI is InChI=1S/C48H39S3/c1-6-16-38(17-7-1)39-26-32-43(33-27-39)50(42-18-8-2-9-19-42)44-34-28-40(29-35-44)49-41-30-36-48(37-31-41)51(45-20-10-3-11-21-45,46-22-12-4-13-23-46)47-24-14-5-15-25-47/h1-26,28-37,39H,27H2/q+1. The van der Waals surface area contributed by atoms with Gasteiger partial charge < -0.3 is 0 Å². The minimum absolute atomic E-state index is 0.164. The van der Waals surface area contributed by atoms with Gasteiger partial charge in [0, 0.05) is 35.3 Å². The first-order valence-electron chi connectivity index (χ1n) is 17.4. The van der Waals surface area contributed by atoms with Crippen molar-refractivity contribution < 1.29 is 0 Å². The van der Waals surface area contributed by atoms with E-state index in [2.05, 4.69) is 218 Å². The smallest absolute Gasteiger partial charge is 0.133 e. The molecule has 0 radical (unpaired) electrons. The predicted octanol–water partition coefficient (Wildman–Crippen LogP) is 13.8. The molecule has 1 aliphatic carbocycles. The first kappa shape index (κ1) is 33.2. The molecule has 0 fully saturated rings. The highest BCUT2D eigenvalue weighted by Gasteiger charge is 2.34. The molecule has 248 valence electrons. The van der Waals surface area contributed by atoms with Crippen molar-refractivity contribution in [3.05, 3.63) is 229 Å². The van der Waals surface area contributed by atoms with Crippen molar-refractivity contribution in [2.75, 3.05) is 0 Å². The Morgan fingerprint density at radius 2 is 0.843 bits per heavy atom. The van der Waals surface area contributed by atoms with E-state index < -0.39 is 10.0 Å². The van der Waals surface area contributed by atoms with Gasteiger partial charge in [0.25, 0.3) is 0 Å². The number of allylic oxidation sites excluding steroid dienone is 3. The van der Waals surface area contributed by atoms with Gasteiger partial charge >= 0.3 is 0 Å². The van der Waals surface area contributed by atoms with Crippen molar-refractivity contribution in [3.8, 4) is 0 Å². The molecular weight excluding hydrogens is 673 g/mol. The number of benzene rings is 7. The molecule has 7 aromatic rings. The molecule has 0 saturated heterocycles. The third-order valence-corrected chi connectivity index (χ3v) is 16.5. The maximum atomic E-state index is 2.46. The van der Waals surface area contributed by atoms with E-state index in [1.807, 2.05) is 11.8 Å². The normalized spacial score (nSPS) is 15.1. The molecule has 0 nitrogen and oxygen atoms in total. The molecule has 0 bridgehead atoms. The van der Waals surface area contributed by atoms with E-state index in [1.54, 1.807) is 0 Å². The van der Waals surface area contributed by atoms with E-state index in [4.69, 9.17) is 0 Å². The van der Waals surface area contributed by atoms with Crippen molar-refractivity contribution in [2.24, 2.45) is 0 Å². The van der Waals surface area contributed by atoms with E-state index in [1.165, 1.54) is 49.6 Å². The summed E-state index contributed by atoms with van der Waals surface area (Å²) in [4.78, 5) is 11.9. The summed E-state index contributed by atoms with van der Waals surface area (Å²) in [6, 6.07) is 73.5. The van der Waals surface area contributed by atoms with Gasteiger partial charge in [-0.1, -0.05) is 121 Å². The Hall–Kier alpha value is -4.93. The fourth-order valence-corrected chi connectivity index (χ4v) is 13.7. The zero-order valence-corrected chi connectivity index (χ0v) is 30.7. The van der Waals surface area contributed by atoms with Crippen LogP contribution in [0.5, 0.6) is 0 Å². The Labute approximate surface area is 311 Å². The van der Waals surface area contributed by atoms with E-state index in [0.29, 0.717) is 5.92 Å². The molecule has 2 atom stereocenters. The third kappa shape index (κ3) is 7.03. The van der Waals surface area contributed by atoms with Gasteiger partial charge in [-0.15, -0.1) is 10.0 Å². The number of hydrogen-bond donors (Lipinski definition) is 0. The maximum absolute atomic E-state index is 2.46. The van der Waals surface area contributed by atoms with Crippen LogP contribution in [-0.2, 0) is 10.9 Å². The van der Waals surface area contributed by atoms with Gasteiger partial charge in [-0.25, -0.2) is 0 Å². The van der Waals surface area contributed by atoms with Gasteiger partial charge in [0.05, 0.1) is 10.9 Å². The minimum atomic E-state index is -1.69. The van der Waals surface area contributed by atoms with Crippen LogP contribution in [0.1, 0.15) is 17.9 Å². The van der Waals surface area contributed by atoms with Crippen LogP contribution in [0.25, 0.3) is 0 Å². The quantitative estimate of drug-likeness (QED) is 0.127. The van der Waals surface area contributed by atoms with E-state index in [-0.39, 0.29) is 10.9 Å². The second-order valence-corrected chi connectivity index (χ2v) is 18.7. The van der Waals surface area contributed by atoms with Gasteiger partial charge in [-0.05, 0) is 121 Å². The lowest BCUT2D eigenvalue weighted by Crippen LogP contribution is -2.09. The SMILES string of the molecule is C1=CC(c2ccccc2)CC=C1[S+](c1ccccc1)c1ccc(Sc2ccc(S(c3ccccc3)(c3ccccc3)c3ccccc3)cc2)cc1. The van der Waals surface area contributed by atoms with Gasteiger partial charge in [0.15, 0.2) is 14.7 Å². The number of hydrogen-bond acceptors (Lipinski definition) is 1. The second-order valence-electron chi connectivity index (χ2n) is 12.4. The maximum Gasteiger partial charge on any atom is 0.166 e. The molecular formula is C48H39S3+. The fraction of sp³-hybridized carbons (Fsp3) is 0.0417. The molecule has 0 heterocycles. The number of rotatable bonds is 10. The van der Waals surface area contributed by atoms with Gasteiger partial charge in [0.1, 0.15) is 0 Å². The average Bonchev–Trinajstić information content (AvgIpc) is 3.22. The van der Waals surface area contributed by atoms with Crippen LogP contribution in [0.2, 0.25) is 0 Å². The van der Waals surface area contributed by atoms with Crippen LogP contribution in [0.15, 0.2) is 262 Å². The molecule has 0 aliphatic heterocycles. The summed E-state index contributed by atoms with van der Waals surface area (Å²) in [6.45, 7) is 0. The van der Waals surface area contributed by atoms with Crippen molar-refractivity contribution >= 4 is 32.7 Å². The van der Waals surface area contributed by atoms with E-state index >= 15 is 0 Å². The van der Waals surface area contributed by atoms with Crippen LogP contribution in [0.3, 0.4) is 0 Å². The molecule has 0 aromatic heterocycles. The molecule has 7 aromatic carbocycles. The average molecular weight is 712 g/mol. The lowest BCUT2D eigenvalue weighted by Gasteiger charge is -2.42. The van der Waals surface area contributed by atoms with Crippen molar-refractivity contribution in [2.45, 2.75) is 51.5 Å². The first-order valence-corrected chi connectivity index (χ1v) is 21.1. The van der Waals surface area contributed by atoms with Crippen molar-refractivity contribution in [1.29, 1.82) is 0 Å². The minimum Gasteiger partial charge on any atom is -0.133 e. The third-order valence-electron chi connectivity index (χ3n) is 9.27. The molecule has 0 saturated carbocycles. The van der Waals surface area contributed by atoms with Crippen LogP contribution in [0, 0.1) is 0 Å². The highest BCUT2D eigenvalue weighted by molar-refractivity contribution is 8.34. The molecule has 51 heavy (non-hydrogen) atoms. The van der Waals surface area contributed by atoms with Crippen LogP contribution < -0.4 is 0 Å². The van der Waals surface area contributed by atoms with Crippen molar-refractivity contribution in [3.63, 3.8) is 0 Å². The molecule has 1 aliphatic rings. The van der Waals surface area contributed by atoms with Gasteiger partial charge in [-0.2, -0.15) is 0 Å². The summed E-state index contributed by atoms with van der Waals surface area (Å²) in [6.07, 6.45) is 8.24. The zero-order chi connectivity index (χ0) is 34.3. The lowest BCUT2D eigenvalue weighted by atomic mass is 9.93. The second kappa shape index (κ2) is 15.5. The molecule has 8 rings (SSSR count). The summed E-state index contributed by atoms with van der Waals surface area (Å²) in [5.41, 5.74) is 1.38. The Morgan fingerprint density at radius 1 is 0.431 bits per heavy atom. The monoisotopic (exact) mass is 711 g/mol. The first-order chi connectivity index (χ1) is 25.3. The molecule has 2 unspecified atom stereocenters. The summed E-state index contributed by atoms with van der Waals surface area (Å²) < 4.78 is 0. The molecule has 0 N–H and O–H groups in total. The topological polar surface area (TPSA) is 0 Å². The van der Waals surface area contributed by atoms with E-state index in [9.17, 15) is 0 Å². The Balaban J connectivity index is 1.08. The Kier molecular flexibility index (Phi) is 10.1. The predicted molar refractivity (Wildman–Crippen MR) is 218 cm³/mol. The summed E-state index contributed by atoms with van der Waals surface area (Å²) >= 11 is 1.83. The van der Waals surface area contributed by atoms with Gasteiger partial charge in [0.2, 0.25) is 0 Å². The summed E-state index contributed by atoms with van der Waals surface area (Å²) in [5.74, 6) is 0.432. The molecule has 0 amide bonds. The largest absolute Gasteiger partial charge is 0.166 e. The van der Waals surface area contributed by atoms with Gasteiger partial charge in [-0.3, -0.25) is 0 Å². The molecule has 3 heteroatoms. The summed E-state index contributed by atoms with van der Waals surface area (Å²) in [7, 11) is -1.86. The van der Waals surface area contributed by atoms with Crippen molar-refractivity contribution in [1.82, 2.24) is 0 Å². The lowest BCUT2D eigenvalue weighted by molar-refractivity contribution is 0.851. The van der Waals surface area contributed by atoms with E-state index in [0.717, 1.165) is 6.42 Å². The van der Waals surface area contributed by atoms with Crippen LogP contribution in [-0.4, -0.2) is 0 Å². The Morgan fingerprint density at radius 3 is 1.31 bits per heavy atom. The fourth-order valence-electron chi connectivity index (χ4n) is 6.85. The highest BCUT2D eigenvalue weighted by Crippen LogP contribution is 2.73.